The Morgan fingerprint density at radius 2 is 1.68 bits per heavy atom. The third-order valence-corrected chi connectivity index (χ3v) is 6.71. The van der Waals surface area contributed by atoms with E-state index < -0.39 is 17.7 Å². The number of aromatic nitrogens is 1. The van der Waals surface area contributed by atoms with Gasteiger partial charge in [0.2, 0.25) is 0 Å². The highest BCUT2D eigenvalue weighted by Crippen LogP contribution is 2.44. The van der Waals surface area contributed by atoms with Crippen LogP contribution in [0.2, 0.25) is 0 Å². The van der Waals surface area contributed by atoms with E-state index in [4.69, 9.17) is 9.47 Å². The van der Waals surface area contributed by atoms with Gasteiger partial charge in [-0.15, -0.1) is 0 Å². The van der Waals surface area contributed by atoms with Crippen molar-refractivity contribution in [3.63, 3.8) is 0 Å². The molecule has 0 bridgehead atoms. The zero-order valence-corrected chi connectivity index (χ0v) is 19.2. The second-order valence-electron chi connectivity index (χ2n) is 7.64. The number of hydrogen-bond acceptors (Lipinski definition) is 7. The molecule has 3 aromatic carbocycles. The van der Waals surface area contributed by atoms with E-state index >= 15 is 0 Å². The Balaban J connectivity index is 1.71. The largest absolute Gasteiger partial charge is 0.507 e. The zero-order valence-electron chi connectivity index (χ0n) is 18.4. The van der Waals surface area contributed by atoms with Crippen LogP contribution in [0, 0.1) is 0 Å². The van der Waals surface area contributed by atoms with Gasteiger partial charge in [0.1, 0.15) is 17.3 Å². The van der Waals surface area contributed by atoms with Crippen molar-refractivity contribution in [3.05, 3.63) is 89.5 Å². The molecular formula is C26H20N2O5S. The predicted octanol–water partition coefficient (Wildman–Crippen LogP) is 4.94. The summed E-state index contributed by atoms with van der Waals surface area (Å²) in [6.45, 7) is 0. The van der Waals surface area contributed by atoms with Crippen molar-refractivity contribution < 1.29 is 24.2 Å². The Kier molecular flexibility index (Phi) is 5.51. The number of thiazole rings is 1. The number of amides is 1. The SMILES string of the molecule is COc1cccc(/C(O)=C2\C(=O)C(=O)N(c3nc4ccc(OC)cc4s3)C2c2ccccc2)c1. The van der Waals surface area contributed by atoms with Crippen LogP contribution in [0.5, 0.6) is 11.5 Å². The van der Waals surface area contributed by atoms with Gasteiger partial charge >= 0.3 is 5.91 Å². The minimum Gasteiger partial charge on any atom is -0.507 e. The van der Waals surface area contributed by atoms with Crippen molar-refractivity contribution in [2.75, 3.05) is 19.1 Å². The van der Waals surface area contributed by atoms with E-state index in [9.17, 15) is 14.7 Å². The number of ketones is 1. The summed E-state index contributed by atoms with van der Waals surface area (Å²) in [5.41, 5.74) is 1.75. The number of benzene rings is 3. The first-order valence-corrected chi connectivity index (χ1v) is 11.3. The van der Waals surface area contributed by atoms with Crippen LogP contribution >= 0.6 is 11.3 Å². The molecule has 1 atom stereocenters. The molecule has 0 spiro atoms. The fourth-order valence-electron chi connectivity index (χ4n) is 4.03. The molecule has 1 saturated heterocycles. The van der Waals surface area contributed by atoms with Gasteiger partial charge in [0, 0.05) is 5.56 Å². The molecular weight excluding hydrogens is 452 g/mol. The number of ether oxygens (including phenoxy) is 2. The summed E-state index contributed by atoms with van der Waals surface area (Å²) in [5.74, 6) is -0.594. The Hall–Kier alpha value is -4.17. The van der Waals surface area contributed by atoms with Crippen LogP contribution in [0.4, 0.5) is 5.13 Å². The minimum atomic E-state index is -0.838. The number of nitrogens with zero attached hydrogens (tertiary/aromatic N) is 2. The van der Waals surface area contributed by atoms with Crippen LogP contribution in [-0.4, -0.2) is 36.0 Å². The van der Waals surface area contributed by atoms with Gasteiger partial charge in [-0.2, -0.15) is 0 Å². The van der Waals surface area contributed by atoms with Crippen LogP contribution in [0.15, 0.2) is 78.4 Å². The molecule has 170 valence electrons. The average molecular weight is 473 g/mol. The number of hydrogen-bond donors (Lipinski definition) is 1. The number of methoxy groups -OCH3 is 2. The van der Waals surface area contributed by atoms with Gasteiger partial charge in [-0.05, 0) is 35.9 Å². The molecule has 8 heteroatoms. The summed E-state index contributed by atoms with van der Waals surface area (Å²) in [6.07, 6.45) is 0. The smallest absolute Gasteiger partial charge is 0.301 e. The van der Waals surface area contributed by atoms with Crippen LogP contribution in [0.3, 0.4) is 0 Å². The minimum absolute atomic E-state index is 0.00119. The van der Waals surface area contributed by atoms with Crippen LogP contribution in [0.25, 0.3) is 16.0 Å². The van der Waals surface area contributed by atoms with Gasteiger partial charge < -0.3 is 14.6 Å². The van der Waals surface area contributed by atoms with E-state index in [-0.39, 0.29) is 11.3 Å². The Bertz CT molecular complexity index is 1440. The first-order chi connectivity index (χ1) is 16.5. The Morgan fingerprint density at radius 3 is 2.41 bits per heavy atom. The van der Waals surface area contributed by atoms with Gasteiger partial charge in [-0.3, -0.25) is 14.5 Å². The second kappa shape index (κ2) is 8.64. The molecule has 1 fully saturated rings. The maximum Gasteiger partial charge on any atom is 0.301 e. The molecule has 1 amide bonds. The van der Waals surface area contributed by atoms with Gasteiger partial charge in [-0.1, -0.05) is 53.8 Å². The highest BCUT2D eigenvalue weighted by Gasteiger charge is 2.48. The lowest BCUT2D eigenvalue weighted by Crippen LogP contribution is -2.29. The lowest BCUT2D eigenvalue weighted by atomic mass is 9.95. The van der Waals surface area contributed by atoms with E-state index in [1.54, 1.807) is 43.5 Å². The maximum atomic E-state index is 13.3. The van der Waals surface area contributed by atoms with E-state index in [0.29, 0.717) is 33.3 Å². The van der Waals surface area contributed by atoms with Gasteiger partial charge in [0.05, 0.1) is 36.1 Å². The standard InChI is InChI=1S/C26H20N2O5S/c1-32-17-10-6-9-16(13-17)23(29)21-22(15-7-4-3-5-8-15)28(25(31)24(21)30)26-27-19-12-11-18(33-2)14-20(19)34-26/h3-14,22,29H,1-2H3/b23-21+. The van der Waals surface area contributed by atoms with Crippen LogP contribution < -0.4 is 14.4 Å². The predicted molar refractivity (Wildman–Crippen MR) is 130 cm³/mol. The summed E-state index contributed by atoms with van der Waals surface area (Å²) in [6, 6.07) is 20.5. The number of aliphatic hydroxyl groups is 1. The molecule has 2 heterocycles. The van der Waals surface area contributed by atoms with E-state index in [1.807, 2.05) is 36.4 Å². The second-order valence-corrected chi connectivity index (χ2v) is 8.65. The van der Waals surface area contributed by atoms with Crippen LogP contribution in [0.1, 0.15) is 17.2 Å². The maximum absolute atomic E-state index is 13.3. The highest BCUT2D eigenvalue weighted by molar-refractivity contribution is 7.22. The summed E-state index contributed by atoms with van der Waals surface area (Å²) >= 11 is 1.28. The zero-order chi connectivity index (χ0) is 23.8. The van der Waals surface area contributed by atoms with Crippen molar-refractivity contribution in [2.45, 2.75) is 6.04 Å². The number of carbonyl (C=O) groups excluding carboxylic acids is 2. The lowest BCUT2D eigenvalue weighted by Gasteiger charge is -2.22. The van der Waals surface area contributed by atoms with Crippen molar-refractivity contribution in [3.8, 4) is 11.5 Å². The van der Waals surface area contributed by atoms with E-state index in [0.717, 1.165) is 4.70 Å². The molecule has 1 aliphatic heterocycles. The lowest BCUT2D eigenvalue weighted by molar-refractivity contribution is -0.132. The molecule has 5 rings (SSSR count). The van der Waals surface area contributed by atoms with Crippen LogP contribution in [-0.2, 0) is 9.59 Å². The molecule has 0 saturated carbocycles. The average Bonchev–Trinajstić information content (AvgIpc) is 3.41. The molecule has 1 aliphatic rings. The molecule has 0 radical (unpaired) electrons. The number of carbonyl (C=O) groups is 2. The molecule has 7 nitrogen and oxygen atoms in total. The van der Waals surface area contributed by atoms with E-state index in [2.05, 4.69) is 4.98 Å². The van der Waals surface area contributed by atoms with Crippen molar-refractivity contribution >= 4 is 44.1 Å². The summed E-state index contributed by atoms with van der Waals surface area (Å²) in [5, 5.41) is 11.6. The fourth-order valence-corrected chi connectivity index (χ4v) is 5.05. The number of aliphatic hydroxyl groups excluding tert-OH is 1. The molecule has 1 unspecified atom stereocenters. The number of anilines is 1. The topological polar surface area (TPSA) is 89.0 Å². The monoisotopic (exact) mass is 472 g/mol. The van der Waals surface area contributed by atoms with Crippen molar-refractivity contribution in [1.29, 1.82) is 0 Å². The van der Waals surface area contributed by atoms with Gasteiger partial charge in [0.15, 0.2) is 5.13 Å². The van der Waals surface area contributed by atoms with Crippen molar-refractivity contribution in [1.82, 2.24) is 4.98 Å². The molecule has 34 heavy (non-hydrogen) atoms. The summed E-state index contributed by atoms with van der Waals surface area (Å²) in [4.78, 5) is 32.6. The highest BCUT2D eigenvalue weighted by atomic mass is 32.1. The molecule has 4 aromatic rings. The van der Waals surface area contributed by atoms with E-state index in [1.165, 1.54) is 23.3 Å². The number of fused-ring (bicyclic) bond motifs is 1. The van der Waals surface area contributed by atoms with Gasteiger partial charge in [0.25, 0.3) is 5.78 Å². The molecule has 0 aliphatic carbocycles. The fraction of sp³-hybridized carbons (Fsp3) is 0.115. The first-order valence-electron chi connectivity index (χ1n) is 10.5. The Morgan fingerprint density at radius 1 is 0.941 bits per heavy atom. The van der Waals surface area contributed by atoms with Gasteiger partial charge in [-0.25, -0.2) is 4.98 Å². The number of rotatable bonds is 5. The summed E-state index contributed by atoms with van der Waals surface area (Å²) in [7, 11) is 3.10. The quantitative estimate of drug-likeness (QED) is 0.251. The molecule has 1 N–H and O–H groups in total. The number of Topliss-reactive ketones (excluding diaryl/α,β-unsaturated/α-hetero) is 1. The summed E-state index contributed by atoms with van der Waals surface area (Å²) < 4.78 is 11.4. The first kappa shape index (κ1) is 21.7. The van der Waals surface area contributed by atoms with Crippen molar-refractivity contribution in [2.24, 2.45) is 0 Å². The third kappa shape index (κ3) is 3.58. The molecule has 1 aromatic heterocycles. The Labute approximate surface area is 199 Å². The normalized spacial score (nSPS) is 17.4. The third-order valence-electron chi connectivity index (χ3n) is 5.69.